The highest BCUT2D eigenvalue weighted by atomic mass is 14.0. The fourth-order valence-corrected chi connectivity index (χ4v) is 2.37. The Morgan fingerprint density at radius 2 is 1.00 bits per heavy atom. The van der Waals surface area contributed by atoms with Gasteiger partial charge < -0.3 is 0 Å². The van der Waals surface area contributed by atoms with Crippen molar-refractivity contribution in [2.24, 2.45) is 0 Å². The summed E-state index contributed by atoms with van der Waals surface area (Å²) in [4.78, 5) is 0. The van der Waals surface area contributed by atoms with Crippen LogP contribution >= 0.6 is 0 Å². The first-order chi connectivity index (χ1) is 9.86. The summed E-state index contributed by atoms with van der Waals surface area (Å²) in [7, 11) is 0. The first-order valence-corrected chi connectivity index (χ1v) is 7.02. The Bertz CT molecular complexity index is 661. The fourth-order valence-electron chi connectivity index (χ4n) is 2.37. The lowest BCUT2D eigenvalue weighted by Gasteiger charge is -2.06. The third-order valence-electron chi connectivity index (χ3n) is 3.63. The average molecular weight is 257 g/mol. The zero-order valence-electron chi connectivity index (χ0n) is 11.6. The highest BCUT2D eigenvalue weighted by molar-refractivity contribution is 5.70. The van der Waals surface area contributed by atoms with Crippen LogP contribution in [0.4, 0.5) is 0 Å². The minimum Gasteiger partial charge on any atom is -0.0613 e. The summed E-state index contributed by atoms with van der Waals surface area (Å²) in [5.41, 5.74) is 6.39. The Labute approximate surface area is 120 Å². The topological polar surface area (TPSA) is 0 Å². The van der Waals surface area contributed by atoms with Crippen molar-refractivity contribution in [3.8, 4) is 22.3 Å². The van der Waals surface area contributed by atoms with Crippen molar-refractivity contribution in [1.82, 2.24) is 0 Å². The monoisotopic (exact) mass is 257 g/mol. The zero-order valence-corrected chi connectivity index (χ0v) is 11.6. The number of benzene rings is 3. The lowest BCUT2D eigenvalue weighted by molar-refractivity contribution is 1.14. The van der Waals surface area contributed by atoms with Gasteiger partial charge in [0.25, 0.3) is 0 Å². The summed E-state index contributed by atoms with van der Waals surface area (Å²) in [5.74, 6) is 0. The van der Waals surface area contributed by atoms with E-state index in [1.54, 1.807) is 0 Å². The number of hydrogen-bond donors (Lipinski definition) is 0. The Morgan fingerprint density at radius 3 is 1.45 bits per heavy atom. The van der Waals surface area contributed by atoms with Gasteiger partial charge in [0, 0.05) is 0 Å². The normalized spacial score (nSPS) is 10.4. The van der Waals surface area contributed by atoms with Gasteiger partial charge in [0.05, 0.1) is 0 Å². The van der Waals surface area contributed by atoms with E-state index < -0.39 is 0 Å². The van der Waals surface area contributed by atoms with E-state index in [2.05, 4.69) is 73.7 Å². The molecule has 0 aliphatic rings. The Kier molecular flexibility index (Phi) is 3.64. The average Bonchev–Trinajstić information content (AvgIpc) is 2.56. The van der Waals surface area contributed by atoms with Crippen LogP contribution in [-0.2, 0) is 6.42 Å². The Morgan fingerprint density at radius 1 is 0.600 bits per heavy atom. The van der Waals surface area contributed by atoms with Crippen molar-refractivity contribution < 1.29 is 0 Å². The molecule has 0 heterocycles. The summed E-state index contributed by atoms with van der Waals surface area (Å²) in [6, 6.07) is 28.7. The van der Waals surface area contributed by atoms with Crippen molar-refractivity contribution in [2.45, 2.75) is 13.3 Å². The predicted molar refractivity (Wildman–Crippen MR) is 85.5 cm³/mol. The smallest absolute Gasteiger partial charge is 0.0184 e. The second-order valence-corrected chi connectivity index (χ2v) is 4.92. The van der Waals surface area contributed by atoms with Crippen molar-refractivity contribution in [2.75, 3.05) is 0 Å². The van der Waals surface area contributed by atoms with E-state index in [4.69, 9.17) is 0 Å². The Balaban J connectivity index is 1.89. The molecule has 0 N–H and O–H groups in total. The van der Waals surface area contributed by atoms with Gasteiger partial charge in [-0.3, -0.25) is 0 Å². The van der Waals surface area contributed by atoms with E-state index in [0.717, 1.165) is 6.42 Å². The van der Waals surface area contributed by atoms with Crippen molar-refractivity contribution >= 4 is 0 Å². The minimum atomic E-state index is 1.09. The maximum absolute atomic E-state index is 3.05. The molecule has 3 aromatic rings. The molecule has 0 aliphatic heterocycles. The quantitative estimate of drug-likeness (QED) is 0.590. The molecule has 0 amide bonds. The molecule has 0 aromatic heterocycles. The second-order valence-electron chi connectivity index (χ2n) is 4.92. The molecule has 0 nitrogen and oxygen atoms in total. The highest BCUT2D eigenvalue weighted by Crippen LogP contribution is 2.24. The molecule has 3 rings (SSSR count). The van der Waals surface area contributed by atoms with Crippen LogP contribution in [0.15, 0.2) is 72.8 Å². The van der Waals surface area contributed by atoms with Crippen LogP contribution in [0.3, 0.4) is 0 Å². The van der Waals surface area contributed by atoms with Gasteiger partial charge in [-0.2, -0.15) is 0 Å². The maximum Gasteiger partial charge on any atom is -0.0184 e. The van der Waals surface area contributed by atoms with Crippen LogP contribution in [-0.4, -0.2) is 0 Å². The van der Waals surface area contributed by atoms with Gasteiger partial charge in [-0.15, -0.1) is 0 Å². The van der Waals surface area contributed by atoms with Gasteiger partial charge in [0.2, 0.25) is 0 Å². The molecule has 3 aromatic carbocycles. The van der Waals surface area contributed by atoms with Gasteiger partial charge in [0.1, 0.15) is 0 Å². The molecule has 0 saturated heterocycles. The second kappa shape index (κ2) is 5.75. The van der Waals surface area contributed by atoms with E-state index in [0.29, 0.717) is 0 Å². The largest absolute Gasteiger partial charge is 0.0613 e. The number of aryl methyl sites for hydroxylation is 1. The molecule has 0 fully saturated rings. The SMILES string of the molecule is CCc1ccc(-c2ccc(-c3cc[c]cc3)cc2)cc1. The van der Waals surface area contributed by atoms with Crippen LogP contribution in [0.1, 0.15) is 12.5 Å². The molecule has 20 heavy (non-hydrogen) atoms. The van der Waals surface area contributed by atoms with Gasteiger partial charge >= 0.3 is 0 Å². The summed E-state index contributed by atoms with van der Waals surface area (Å²) in [5, 5.41) is 0. The van der Waals surface area contributed by atoms with E-state index in [-0.39, 0.29) is 0 Å². The van der Waals surface area contributed by atoms with Crippen LogP contribution in [0.5, 0.6) is 0 Å². The van der Waals surface area contributed by atoms with Crippen molar-refractivity contribution in [1.29, 1.82) is 0 Å². The Hall–Kier alpha value is -2.34. The fraction of sp³-hybridized carbons (Fsp3) is 0.100. The summed E-state index contributed by atoms with van der Waals surface area (Å²) < 4.78 is 0. The standard InChI is InChI=1S/C20H17/c1-2-16-8-10-18(11-9-16)20-14-12-19(13-15-20)17-6-4-3-5-7-17/h4-15H,2H2,1H3. The molecule has 0 unspecified atom stereocenters. The number of rotatable bonds is 3. The highest BCUT2D eigenvalue weighted by Gasteiger charge is 2.00. The third kappa shape index (κ3) is 2.65. The van der Waals surface area contributed by atoms with E-state index in [9.17, 15) is 0 Å². The lowest BCUT2D eigenvalue weighted by atomic mass is 9.99. The molecule has 0 bridgehead atoms. The van der Waals surface area contributed by atoms with Crippen LogP contribution < -0.4 is 0 Å². The minimum absolute atomic E-state index is 1.09. The summed E-state index contributed by atoms with van der Waals surface area (Å²) >= 11 is 0. The molecule has 0 atom stereocenters. The molecule has 0 saturated carbocycles. The van der Waals surface area contributed by atoms with E-state index in [1.807, 2.05) is 12.1 Å². The maximum atomic E-state index is 3.05. The zero-order chi connectivity index (χ0) is 13.8. The summed E-state index contributed by atoms with van der Waals surface area (Å²) in [6.45, 7) is 2.18. The molecule has 0 heteroatoms. The van der Waals surface area contributed by atoms with Crippen LogP contribution in [0, 0.1) is 6.07 Å². The first kappa shape index (κ1) is 12.7. The predicted octanol–water partition coefficient (Wildman–Crippen LogP) is 5.38. The van der Waals surface area contributed by atoms with Gasteiger partial charge in [-0.25, -0.2) is 0 Å². The van der Waals surface area contributed by atoms with E-state index in [1.165, 1.54) is 27.8 Å². The van der Waals surface area contributed by atoms with Gasteiger partial charge in [-0.1, -0.05) is 79.7 Å². The van der Waals surface area contributed by atoms with Gasteiger partial charge in [-0.05, 0) is 40.3 Å². The van der Waals surface area contributed by atoms with Gasteiger partial charge in [0.15, 0.2) is 0 Å². The number of hydrogen-bond acceptors (Lipinski definition) is 0. The summed E-state index contributed by atoms with van der Waals surface area (Å²) in [6.07, 6.45) is 1.09. The molecular formula is C20H17. The van der Waals surface area contributed by atoms with Crippen molar-refractivity contribution in [3.05, 3.63) is 84.4 Å². The van der Waals surface area contributed by atoms with Crippen LogP contribution in [0.2, 0.25) is 0 Å². The van der Waals surface area contributed by atoms with E-state index >= 15 is 0 Å². The first-order valence-electron chi connectivity index (χ1n) is 7.02. The molecular weight excluding hydrogens is 240 g/mol. The molecule has 0 spiro atoms. The van der Waals surface area contributed by atoms with Crippen LogP contribution in [0.25, 0.3) is 22.3 Å². The third-order valence-corrected chi connectivity index (χ3v) is 3.63. The molecule has 97 valence electrons. The van der Waals surface area contributed by atoms with Crippen molar-refractivity contribution in [3.63, 3.8) is 0 Å². The lowest BCUT2D eigenvalue weighted by Crippen LogP contribution is -1.82. The molecule has 0 aliphatic carbocycles. The molecule has 1 radical (unpaired) electrons.